The van der Waals surface area contributed by atoms with Crippen LogP contribution in [0.4, 0.5) is 5.69 Å². The van der Waals surface area contributed by atoms with Crippen molar-refractivity contribution < 1.29 is 0 Å². The lowest BCUT2D eigenvalue weighted by Gasteiger charge is -2.36. The molecule has 0 atom stereocenters. The van der Waals surface area contributed by atoms with E-state index in [1.54, 1.807) is 0 Å². The number of piperazine rings is 1. The van der Waals surface area contributed by atoms with E-state index in [0.717, 1.165) is 36.5 Å². The molecular weight excluding hydrogens is 300 g/mol. The Morgan fingerprint density at radius 1 is 1.12 bits per heavy atom. The summed E-state index contributed by atoms with van der Waals surface area (Å²) < 4.78 is 0. The van der Waals surface area contributed by atoms with Crippen molar-refractivity contribution in [1.82, 2.24) is 4.90 Å². The van der Waals surface area contributed by atoms with Crippen molar-refractivity contribution in [3.05, 3.63) is 29.3 Å². The maximum Gasteiger partial charge on any atom is 0.0639 e. The largest absolute Gasteiger partial charge is 0.368 e. The quantitative estimate of drug-likeness (QED) is 0.787. The van der Waals surface area contributed by atoms with Gasteiger partial charge in [-0.15, -0.1) is 0 Å². The molecule has 1 aliphatic rings. The van der Waals surface area contributed by atoms with Crippen LogP contribution >= 0.6 is 27.5 Å². The lowest BCUT2D eigenvalue weighted by Crippen LogP contribution is -2.46. The third kappa shape index (κ3) is 3.60. The molecule has 1 heterocycles. The van der Waals surface area contributed by atoms with Gasteiger partial charge in [-0.05, 0) is 25.1 Å². The molecule has 2 nitrogen and oxygen atoms in total. The van der Waals surface area contributed by atoms with Gasteiger partial charge in [-0.3, -0.25) is 4.90 Å². The van der Waals surface area contributed by atoms with E-state index in [1.807, 2.05) is 12.1 Å². The Labute approximate surface area is 117 Å². The standard InChI is InChI=1S/C13H18BrClN2/c14-6-3-7-16-8-10-17(11-9-16)13-5-2-1-4-12(13)15/h1-2,4-5H,3,6-11H2. The van der Waals surface area contributed by atoms with Crippen LogP contribution in [0.25, 0.3) is 0 Å². The second-order valence-corrected chi connectivity index (χ2v) is 5.52. The molecule has 1 fully saturated rings. The SMILES string of the molecule is Clc1ccccc1N1CCN(CCCBr)CC1. The molecule has 1 saturated heterocycles. The smallest absolute Gasteiger partial charge is 0.0639 e. The summed E-state index contributed by atoms with van der Waals surface area (Å²) in [4.78, 5) is 4.90. The molecule has 1 aromatic rings. The van der Waals surface area contributed by atoms with E-state index >= 15 is 0 Å². The van der Waals surface area contributed by atoms with Crippen LogP contribution in [0.5, 0.6) is 0 Å². The number of nitrogens with zero attached hydrogens (tertiary/aromatic N) is 2. The number of hydrogen-bond donors (Lipinski definition) is 0. The van der Waals surface area contributed by atoms with E-state index in [2.05, 4.69) is 37.9 Å². The number of anilines is 1. The van der Waals surface area contributed by atoms with Crippen LogP contribution in [-0.2, 0) is 0 Å². The van der Waals surface area contributed by atoms with Crippen LogP contribution in [-0.4, -0.2) is 43.0 Å². The Morgan fingerprint density at radius 2 is 1.82 bits per heavy atom. The molecule has 94 valence electrons. The van der Waals surface area contributed by atoms with Gasteiger partial charge in [-0.25, -0.2) is 0 Å². The third-order valence-corrected chi connectivity index (χ3v) is 4.05. The van der Waals surface area contributed by atoms with E-state index in [-0.39, 0.29) is 0 Å². The minimum Gasteiger partial charge on any atom is -0.368 e. The first kappa shape index (κ1) is 13.2. The van der Waals surface area contributed by atoms with Gasteiger partial charge in [0, 0.05) is 31.5 Å². The Balaban J connectivity index is 1.89. The highest BCUT2D eigenvalue weighted by Crippen LogP contribution is 2.25. The third-order valence-electron chi connectivity index (χ3n) is 3.17. The second-order valence-electron chi connectivity index (χ2n) is 4.32. The van der Waals surface area contributed by atoms with Crippen LogP contribution in [0.2, 0.25) is 5.02 Å². The zero-order chi connectivity index (χ0) is 12.1. The van der Waals surface area contributed by atoms with Gasteiger partial charge < -0.3 is 4.90 Å². The highest BCUT2D eigenvalue weighted by Gasteiger charge is 2.17. The summed E-state index contributed by atoms with van der Waals surface area (Å²) >= 11 is 9.70. The fourth-order valence-electron chi connectivity index (χ4n) is 2.20. The van der Waals surface area contributed by atoms with Gasteiger partial charge in [0.1, 0.15) is 0 Å². The van der Waals surface area contributed by atoms with Gasteiger partial charge in [-0.2, -0.15) is 0 Å². The Morgan fingerprint density at radius 3 is 2.47 bits per heavy atom. The van der Waals surface area contributed by atoms with E-state index < -0.39 is 0 Å². The van der Waals surface area contributed by atoms with Crippen molar-refractivity contribution in [3.63, 3.8) is 0 Å². The van der Waals surface area contributed by atoms with Crippen LogP contribution in [0.3, 0.4) is 0 Å². The topological polar surface area (TPSA) is 6.48 Å². The fourth-order valence-corrected chi connectivity index (χ4v) is 2.71. The molecule has 0 aliphatic carbocycles. The van der Waals surface area contributed by atoms with E-state index in [9.17, 15) is 0 Å². The van der Waals surface area contributed by atoms with Crippen molar-refractivity contribution in [2.75, 3.05) is 43.0 Å². The molecule has 17 heavy (non-hydrogen) atoms. The molecule has 0 N–H and O–H groups in total. The summed E-state index contributed by atoms with van der Waals surface area (Å²) in [5, 5.41) is 1.96. The number of para-hydroxylation sites is 1. The molecule has 0 aromatic heterocycles. The molecule has 1 aliphatic heterocycles. The monoisotopic (exact) mass is 316 g/mol. The molecular formula is C13H18BrClN2. The zero-order valence-corrected chi connectivity index (χ0v) is 12.3. The predicted molar refractivity (Wildman–Crippen MR) is 78.5 cm³/mol. The number of alkyl halides is 1. The first-order valence-electron chi connectivity index (χ1n) is 6.09. The van der Waals surface area contributed by atoms with Gasteiger partial charge in [0.2, 0.25) is 0 Å². The van der Waals surface area contributed by atoms with Crippen LogP contribution in [0, 0.1) is 0 Å². The summed E-state index contributed by atoms with van der Waals surface area (Å²) in [6.07, 6.45) is 1.23. The number of benzene rings is 1. The molecule has 0 radical (unpaired) electrons. The number of hydrogen-bond acceptors (Lipinski definition) is 2. The highest BCUT2D eigenvalue weighted by molar-refractivity contribution is 9.09. The van der Waals surface area contributed by atoms with Crippen LogP contribution in [0.15, 0.2) is 24.3 Å². The van der Waals surface area contributed by atoms with Crippen molar-refractivity contribution in [2.45, 2.75) is 6.42 Å². The molecule has 0 amide bonds. The summed E-state index contributed by atoms with van der Waals surface area (Å²) in [6.45, 7) is 5.62. The average molecular weight is 318 g/mol. The molecule has 1 aromatic carbocycles. The summed E-state index contributed by atoms with van der Waals surface area (Å²) in [5.41, 5.74) is 1.18. The Hall–Kier alpha value is -0.250. The fraction of sp³-hybridized carbons (Fsp3) is 0.538. The Kier molecular flexibility index (Phi) is 5.14. The lowest BCUT2D eigenvalue weighted by molar-refractivity contribution is 0.259. The van der Waals surface area contributed by atoms with E-state index in [1.165, 1.54) is 18.7 Å². The van der Waals surface area contributed by atoms with Gasteiger partial charge in [0.25, 0.3) is 0 Å². The molecule has 4 heteroatoms. The first-order chi connectivity index (χ1) is 8.31. The molecule has 0 saturated carbocycles. The van der Waals surface area contributed by atoms with Gasteiger partial charge in [0.15, 0.2) is 0 Å². The predicted octanol–water partition coefficient (Wildman–Crippen LogP) is 3.25. The normalized spacial score (nSPS) is 17.4. The van der Waals surface area contributed by atoms with E-state index in [4.69, 9.17) is 11.6 Å². The summed E-state index contributed by atoms with van der Waals surface area (Å²) in [7, 11) is 0. The van der Waals surface area contributed by atoms with Crippen LogP contribution in [0.1, 0.15) is 6.42 Å². The van der Waals surface area contributed by atoms with Gasteiger partial charge >= 0.3 is 0 Å². The first-order valence-corrected chi connectivity index (χ1v) is 7.59. The maximum atomic E-state index is 6.22. The minimum atomic E-state index is 0.862. The van der Waals surface area contributed by atoms with Crippen LogP contribution < -0.4 is 4.90 Å². The number of rotatable bonds is 4. The minimum absolute atomic E-state index is 0.862. The second kappa shape index (κ2) is 6.62. The van der Waals surface area contributed by atoms with Crippen molar-refractivity contribution in [2.24, 2.45) is 0 Å². The molecule has 0 bridgehead atoms. The summed E-state index contributed by atoms with van der Waals surface area (Å²) in [5.74, 6) is 0. The maximum absolute atomic E-state index is 6.22. The number of halogens is 2. The lowest BCUT2D eigenvalue weighted by atomic mass is 10.2. The van der Waals surface area contributed by atoms with E-state index in [0.29, 0.717) is 0 Å². The highest BCUT2D eigenvalue weighted by atomic mass is 79.9. The average Bonchev–Trinajstić information content (AvgIpc) is 2.38. The zero-order valence-electron chi connectivity index (χ0n) is 9.91. The molecule has 0 unspecified atom stereocenters. The van der Waals surface area contributed by atoms with Gasteiger partial charge in [0.05, 0.1) is 10.7 Å². The van der Waals surface area contributed by atoms with Crippen molar-refractivity contribution in [1.29, 1.82) is 0 Å². The summed E-state index contributed by atoms with van der Waals surface area (Å²) in [6, 6.07) is 8.11. The Bertz CT molecular complexity index is 351. The molecule has 0 spiro atoms. The molecule has 2 rings (SSSR count). The van der Waals surface area contributed by atoms with Gasteiger partial charge in [-0.1, -0.05) is 39.7 Å². The van der Waals surface area contributed by atoms with Crippen molar-refractivity contribution >= 4 is 33.2 Å². The van der Waals surface area contributed by atoms with Crippen molar-refractivity contribution in [3.8, 4) is 0 Å².